The minimum Gasteiger partial charge on any atom is -0.493 e. The minimum atomic E-state index is -0.303. The van der Waals surface area contributed by atoms with Crippen molar-refractivity contribution < 1.29 is 19.0 Å². The molecule has 8 heteroatoms. The zero-order chi connectivity index (χ0) is 20.1. The molecule has 0 fully saturated rings. The fourth-order valence-electron chi connectivity index (χ4n) is 2.78. The fraction of sp³-hybridized carbons (Fsp3) is 0.300. The van der Waals surface area contributed by atoms with Gasteiger partial charge in [0.25, 0.3) is 5.91 Å². The van der Waals surface area contributed by atoms with Gasteiger partial charge in [-0.15, -0.1) is 0 Å². The number of methoxy groups -OCH3 is 2. The third-order valence-corrected chi connectivity index (χ3v) is 5.89. The van der Waals surface area contributed by atoms with E-state index in [2.05, 4.69) is 20.9 Å². The topological polar surface area (TPSA) is 62.1 Å². The molecule has 3 rings (SSSR count). The molecule has 2 aromatic carbocycles. The predicted molar refractivity (Wildman–Crippen MR) is 113 cm³/mol. The molecule has 0 unspecified atom stereocenters. The van der Waals surface area contributed by atoms with Crippen LogP contribution in [-0.4, -0.2) is 37.9 Å². The molecule has 0 saturated heterocycles. The van der Waals surface area contributed by atoms with Gasteiger partial charge in [0, 0.05) is 29.8 Å². The summed E-state index contributed by atoms with van der Waals surface area (Å²) >= 11 is 4.84. The van der Waals surface area contributed by atoms with Crippen molar-refractivity contribution in [1.29, 1.82) is 0 Å². The van der Waals surface area contributed by atoms with E-state index in [4.69, 9.17) is 14.2 Å². The Hall–Kier alpha value is -2.16. The van der Waals surface area contributed by atoms with E-state index in [0.717, 1.165) is 10.2 Å². The van der Waals surface area contributed by atoms with Crippen LogP contribution in [0.5, 0.6) is 11.5 Å². The highest BCUT2D eigenvalue weighted by Crippen LogP contribution is 2.33. The van der Waals surface area contributed by atoms with Crippen LogP contribution in [0.1, 0.15) is 17.3 Å². The molecule has 0 radical (unpaired) electrons. The van der Waals surface area contributed by atoms with E-state index in [-0.39, 0.29) is 5.91 Å². The number of nitrogens with zero attached hydrogens (tertiary/aromatic N) is 2. The Balaban J connectivity index is 2.15. The summed E-state index contributed by atoms with van der Waals surface area (Å²) in [5, 5.41) is 0. The van der Waals surface area contributed by atoms with Crippen LogP contribution in [0.2, 0.25) is 0 Å². The van der Waals surface area contributed by atoms with E-state index in [9.17, 15) is 4.79 Å². The highest BCUT2D eigenvalue weighted by molar-refractivity contribution is 9.10. The largest absolute Gasteiger partial charge is 0.493 e. The number of thiazole rings is 1. The predicted octanol–water partition coefficient (Wildman–Crippen LogP) is 4.26. The van der Waals surface area contributed by atoms with Crippen LogP contribution in [-0.2, 0) is 11.3 Å². The molecule has 1 aromatic heterocycles. The zero-order valence-electron chi connectivity index (χ0n) is 15.9. The smallest absolute Gasteiger partial charge is 0.280 e. The van der Waals surface area contributed by atoms with Crippen molar-refractivity contribution >= 4 is 43.4 Å². The first-order chi connectivity index (χ1) is 13.6. The number of rotatable bonds is 7. The Morgan fingerprint density at radius 2 is 1.89 bits per heavy atom. The summed E-state index contributed by atoms with van der Waals surface area (Å²) in [6.07, 6.45) is 0. The molecular formula is C20H21BrN2O4S. The molecule has 0 saturated carbocycles. The summed E-state index contributed by atoms with van der Waals surface area (Å²) in [7, 11) is 3.20. The van der Waals surface area contributed by atoms with Crippen molar-refractivity contribution in [1.82, 2.24) is 4.57 Å². The molecule has 0 atom stereocenters. The Labute approximate surface area is 175 Å². The molecule has 0 aliphatic rings. The summed E-state index contributed by atoms with van der Waals surface area (Å²) in [5.74, 6) is 0.960. The van der Waals surface area contributed by atoms with Gasteiger partial charge in [0.2, 0.25) is 0 Å². The van der Waals surface area contributed by atoms with Crippen LogP contribution in [0.15, 0.2) is 45.9 Å². The normalized spacial score (nSPS) is 11.8. The molecule has 1 amide bonds. The molecule has 0 spiro atoms. The second kappa shape index (κ2) is 9.36. The van der Waals surface area contributed by atoms with Crippen LogP contribution in [0.3, 0.4) is 0 Å². The molecule has 0 aliphatic carbocycles. The fourth-order valence-corrected chi connectivity index (χ4v) is 4.30. The summed E-state index contributed by atoms with van der Waals surface area (Å²) in [4.78, 5) is 17.8. The maximum Gasteiger partial charge on any atom is 0.280 e. The second-order valence-electron chi connectivity index (χ2n) is 5.80. The molecule has 148 valence electrons. The summed E-state index contributed by atoms with van der Waals surface area (Å²) < 4.78 is 20.0. The molecule has 1 heterocycles. The van der Waals surface area contributed by atoms with E-state index >= 15 is 0 Å². The SMILES string of the molecule is CCOCCn1c(=NC(=O)c2ccccc2Br)sc2cc(OC)c(OC)cc21. The van der Waals surface area contributed by atoms with E-state index in [1.54, 1.807) is 20.3 Å². The molecular weight excluding hydrogens is 444 g/mol. The first-order valence-electron chi connectivity index (χ1n) is 8.75. The number of amides is 1. The number of ether oxygens (including phenoxy) is 3. The quantitative estimate of drug-likeness (QED) is 0.490. The van der Waals surface area contributed by atoms with Gasteiger partial charge in [0.1, 0.15) is 0 Å². The van der Waals surface area contributed by atoms with E-state index in [1.165, 1.54) is 11.3 Å². The van der Waals surface area contributed by atoms with Gasteiger partial charge in [-0.1, -0.05) is 23.5 Å². The van der Waals surface area contributed by atoms with E-state index in [0.29, 0.717) is 46.1 Å². The van der Waals surface area contributed by atoms with Crippen molar-refractivity contribution in [2.24, 2.45) is 4.99 Å². The molecule has 0 aliphatic heterocycles. The summed E-state index contributed by atoms with van der Waals surface area (Å²) in [6.45, 7) is 3.67. The molecule has 3 aromatic rings. The van der Waals surface area contributed by atoms with Crippen LogP contribution >= 0.6 is 27.3 Å². The maximum absolute atomic E-state index is 12.8. The minimum absolute atomic E-state index is 0.303. The highest BCUT2D eigenvalue weighted by atomic mass is 79.9. The number of carbonyl (C=O) groups excluding carboxylic acids is 1. The number of hydrogen-bond donors (Lipinski definition) is 0. The zero-order valence-corrected chi connectivity index (χ0v) is 18.3. The maximum atomic E-state index is 12.8. The van der Waals surface area contributed by atoms with Crippen molar-refractivity contribution in [3.63, 3.8) is 0 Å². The van der Waals surface area contributed by atoms with Crippen molar-refractivity contribution in [3.8, 4) is 11.5 Å². The number of hydrogen-bond acceptors (Lipinski definition) is 5. The van der Waals surface area contributed by atoms with Gasteiger partial charge in [0.05, 0.1) is 36.6 Å². The van der Waals surface area contributed by atoms with Gasteiger partial charge in [0.15, 0.2) is 16.3 Å². The second-order valence-corrected chi connectivity index (χ2v) is 7.67. The van der Waals surface area contributed by atoms with Crippen molar-refractivity contribution in [3.05, 3.63) is 51.2 Å². The average molecular weight is 465 g/mol. The monoisotopic (exact) mass is 464 g/mol. The van der Waals surface area contributed by atoms with Gasteiger partial charge >= 0.3 is 0 Å². The number of carbonyl (C=O) groups is 1. The van der Waals surface area contributed by atoms with E-state index < -0.39 is 0 Å². The van der Waals surface area contributed by atoms with Crippen molar-refractivity contribution in [2.45, 2.75) is 13.5 Å². The average Bonchev–Trinajstić information content (AvgIpc) is 3.03. The number of aromatic nitrogens is 1. The van der Waals surface area contributed by atoms with Gasteiger partial charge in [-0.25, -0.2) is 0 Å². The first-order valence-corrected chi connectivity index (χ1v) is 10.4. The van der Waals surface area contributed by atoms with Crippen LogP contribution < -0.4 is 14.3 Å². The lowest BCUT2D eigenvalue weighted by Crippen LogP contribution is -2.20. The van der Waals surface area contributed by atoms with Crippen molar-refractivity contribution in [2.75, 3.05) is 27.4 Å². The lowest BCUT2D eigenvalue weighted by Gasteiger charge is -2.09. The molecule has 28 heavy (non-hydrogen) atoms. The van der Waals surface area contributed by atoms with Crippen LogP contribution in [0, 0.1) is 0 Å². The number of fused-ring (bicyclic) bond motifs is 1. The van der Waals surface area contributed by atoms with Crippen LogP contribution in [0.25, 0.3) is 10.2 Å². The Bertz CT molecular complexity index is 1060. The van der Waals surface area contributed by atoms with E-state index in [1.807, 2.05) is 41.8 Å². The Kier molecular flexibility index (Phi) is 6.88. The molecule has 0 bridgehead atoms. The summed E-state index contributed by atoms with van der Waals surface area (Å²) in [6, 6.07) is 11.1. The molecule has 0 N–H and O–H groups in total. The highest BCUT2D eigenvalue weighted by Gasteiger charge is 2.14. The van der Waals surface area contributed by atoms with Gasteiger partial charge in [-0.2, -0.15) is 4.99 Å². The number of benzene rings is 2. The van der Waals surface area contributed by atoms with Gasteiger partial charge in [-0.3, -0.25) is 4.79 Å². The Morgan fingerprint density at radius 1 is 1.18 bits per heavy atom. The number of halogens is 1. The Morgan fingerprint density at radius 3 is 2.57 bits per heavy atom. The molecule has 6 nitrogen and oxygen atoms in total. The first kappa shape index (κ1) is 20.6. The van der Waals surface area contributed by atoms with Gasteiger partial charge in [-0.05, 0) is 35.0 Å². The lowest BCUT2D eigenvalue weighted by atomic mass is 10.2. The standard InChI is InChI=1S/C20H21BrN2O4S/c1-4-27-10-9-23-15-11-16(25-2)17(26-3)12-18(15)28-20(23)22-19(24)13-7-5-6-8-14(13)21/h5-8,11-12H,4,9-10H2,1-3H3. The summed E-state index contributed by atoms with van der Waals surface area (Å²) in [5.41, 5.74) is 1.44. The lowest BCUT2D eigenvalue weighted by molar-refractivity contribution is 0.0996. The third-order valence-electron chi connectivity index (χ3n) is 4.15. The van der Waals surface area contributed by atoms with Gasteiger partial charge < -0.3 is 18.8 Å². The third kappa shape index (κ3) is 4.29. The van der Waals surface area contributed by atoms with Crippen LogP contribution in [0.4, 0.5) is 0 Å².